The molecule has 0 radical (unpaired) electrons. The molecule has 6 N–H and O–H groups in total. The highest BCUT2D eigenvalue weighted by molar-refractivity contribution is 7.98. The Balaban J connectivity index is 0. The van der Waals surface area contributed by atoms with Gasteiger partial charge in [-0.2, -0.15) is 24.4 Å². The first-order valence-electron chi connectivity index (χ1n) is 4.43. The highest BCUT2D eigenvalue weighted by Gasteiger charge is 2.09. The second kappa shape index (κ2) is 11.1. The van der Waals surface area contributed by atoms with E-state index in [1.54, 1.807) is 11.8 Å². The third-order valence-electron chi connectivity index (χ3n) is 1.46. The maximum absolute atomic E-state index is 10.1. The normalized spacial score (nSPS) is 13.2. The second-order valence-electron chi connectivity index (χ2n) is 2.85. The van der Waals surface area contributed by atoms with Crippen LogP contribution in [0, 0.1) is 0 Å². The zero-order valence-corrected chi connectivity index (χ0v) is 10.7. The predicted octanol–water partition coefficient (Wildman–Crippen LogP) is -0.520. The van der Waals surface area contributed by atoms with Crippen LogP contribution < -0.4 is 11.5 Å². The molecule has 0 saturated carbocycles. The summed E-state index contributed by atoms with van der Waals surface area (Å²) in [6.45, 7) is 0. The van der Waals surface area contributed by atoms with Crippen molar-refractivity contribution in [3.8, 4) is 0 Å². The lowest BCUT2D eigenvalue weighted by atomic mass is 10.2. The van der Waals surface area contributed by atoms with Crippen molar-refractivity contribution in [1.82, 2.24) is 0 Å². The van der Waals surface area contributed by atoms with Crippen molar-refractivity contribution in [2.45, 2.75) is 18.5 Å². The van der Waals surface area contributed by atoms with Crippen LogP contribution in [0.15, 0.2) is 0 Å². The fraction of sp³-hybridized carbons (Fsp3) is 0.750. The van der Waals surface area contributed by atoms with E-state index < -0.39 is 24.0 Å². The summed E-state index contributed by atoms with van der Waals surface area (Å²) < 4.78 is 0. The molecule has 2 atom stereocenters. The zero-order valence-electron chi connectivity index (χ0n) is 9.00. The molecule has 0 saturated heterocycles. The third-order valence-corrected chi connectivity index (χ3v) is 2.50. The standard InChI is InChI=1S/C5H11NO2S.C3H7NO2S/c1-9-3-2-4(6)5(7)8;4-2(1-7)3(5)6/h4H,2-3,6H2,1H3,(H,7,8);2,7H,1,4H2,(H,5,6)/t4-;2-/m00/s1/i9+3;. The molecular formula is C8H18N2O4S2. The minimum absolute atomic E-state index is 0.190. The Hall–Kier alpha value is -0.440. The molecule has 0 rings (SSSR count). The first kappa shape index (κ1) is 17.9. The third kappa shape index (κ3) is 11.6. The van der Waals surface area contributed by atoms with E-state index in [9.17, 15) is 9.59 Å². The number of hydrogen-bond acceptors (Lipinski definition) is 6. The fourth-order valence-corrected chi connectivity index (χ4v) is 1.09. The monoisotopic (exact) mass is 273 g/mol. The van der Waals surface area contributed by atoms with Crippen molar-refractivity contribution < 1.29 is 19.8 Å². The van der Waals surface area contributed by atoms with Gasteiger partial charge in [0.25, 0.3) is 0 Å². The molecule has 0 bridgehead atoms. The molecule has 0 fully saturated rings. The Bertz CT molecular complexity index is 216. The van der Waals surface area contributed by atoms with Crippen LogP contribution in [0.1, 0.15) is 6.42 Å². The first-order valence-corrected chi connectivity index (χ1v) is 6.46. The maximum atomic E-state index is 10.1. The number of carboxylic acids is 2. The van der Waals surface area contributed by atoms with Gasteiger partial charge in [-0.15, -0.1) is 0 Å². The molecule has 96 valence electrons. The van der Waals surface area contributed by atoms with Crippen LogP contribution in [-0.2, 0) is 9.59 Å². The van der Waals surface area contributed by atoms with Gasteiger partial charge in [-0.25, -0.2) is 0 Å². The van der Waals surface area contributed by atoms with E-state index in [-0.39, 0.29) is 5.75 Å². The number of rotatable bonds is 6. The largest absolute Gasteiger partial charge is 0.480 e. The number of thiol groups is 1. The van der Waals surface area contributed by atoms with Crippen LogP contribution >= 0.6 is 24.4 Å². The molecule has 0 unspecified atom stereocenters. The molecular weight excluding hydrogens is 255 g/mol. The van der Waals surface area contributed by atoms with Gasteiger partial charge in [0.15, 0.2) is 0 Å². The minimum Gasteiger partial charge on any atom is -0.480 e. The smallest absolute Gasteiger partial charge is 0.321 e. The predicted molar refractivity (Wildman–Crippen MR) is 68.1 cm³/mol. The molecule has 0 aliphatic heterocycles. The fourth-order valence-electron chi connectivity index (χ4n) is 0.446. The van der Waals surface area contributed by atoms with Crippen molar-refractivity contribution >= 4 is 36.3 Å². The molecule has 0 spiro atoms. The maximum Gasteiger partial charge on any atom is 0.321 e. The number of thioether (sulfide) groups is 1. The Morgan fingerprint density at radius 1 is 1.25 bits per heavy atom. The van der Waals surface area contributed by atoms with Crippen molar-refractivity contribution in [3.63, 3.8) is 0 Å². The van der Waals surface area contributed by atoms with Crippen molar-refractivity contribution in [2.24, 2.45) is 11.5 Å². The molecule has 0 heterocycles. The number of carbonyl (C=O) groups is 2. The molecule has 0 aromatic heterocycles. The number of hydrogen-bond donors (Lipinski definition) is 5. The lowest BCUT2D eigenvalue weighted by Gasteiger charge is -2.02. The van der Waals surface area contributed by atoms with Gasteiger partial charge in [0, 0.05) is 5.75 Å². The summed E-state index contributed by atoms with van der Waals surface area (Å²) in [5.41, 5.74) is 10.1. The number of nitrogens with two attached hydrogens (primary N) is 2. The van der Waals surface area contributed by atoms with Gasteiger partial charge in [0.2, 0.25) is 0 Å². The lowest BCUT2D eigenvalue weighted by Crippen LogP contribution is -2.31. The van der Waals surface area contributed by atoms with Gasteiger partial charge in [0.1, 0.15) is 12.1 Å². The average molecular weight is 273 g/mol. The van der Waals surface area contributed by atoms with Crippen LogP contribution in [0.25, 0.3) is 0 Å². The summed E-state index contributed by atoms with van der Waals surface area (Å²) >= 11 is 5.25. The van der Waals surface area contributed by atoms with Gasteiger partial charge >= 0.3 is 11.9 Å². The molecule has 0 aliphatic carbocycles. The lowest BCUT2D eigenvalue weighted by molar-refractivity contribution is -0.139. The summed E-state index contributed by atoms with van der Waals surface area (Å²) in [6, 6.07) is -1.50. The van der Waals surface area contributed by atoms with Crippen LogP contribution in [0.5, 0.6) is 0 Å². The molecule has 0 aliphatic rings. The van der Waals surface area contributed by atoms with Crippen LogP contribution in [0.3, 0.4) is 0 Å². The van der Waals surface area contributed by atoms with Crippen molar-refractivity contribution in [3.05, 3.63) is 0 Å². The quantitative estimate of drug-likeness (QED) is 0.412. The van der Waals surface area contributed by atoms with Crippen LogP contribution in [-0.4, -0.2) is 52.0 Å². The van der Waals surface area contributed by atoms with Gasteiger partial charge in [-0.05, 0) is 18.4 Å². The molecule has 16 heavy (non-hydrogen) atoms. The van der Waals surface area contributed by atoms with E-state index >= 15 is 0 Å². The number of aliphatic carboxylic acids is 2. The van der Waals surface area contributed by atoms with Gasteiger partial charge < -0.3 is 21.7 Å². The van der Waals surface area contributed by atoms with Gasteiger partial charge in [-0.3, -0.25) is 9.59 Å². The van der Waals surface area contributed by atoms with E-state index in [4.69, 9.17) is 21.7 Å². The minimum atomic E-state index is -1.00. The SMILES string of the molecule is C[35S]CC[C@H](N)C(=O)O.N[C@@H](CS)C(=O)O. The van der Waals surface area contributed by atoms with Crippen LogP contribution in [0.2, 0.25) is 0 Å². The highest BCUT2D eigenvalue weighted by atomic mass is 35.1. The molecule has 0 aromatic carbocycles. The zero-order chi connectivity index (χ0) is 13.1. The van der Waals surface area contributed by atoms with Gasteiger partial charge in [0.05, 0.1) is 0 Å². The Morgan fingerprint density at radius 3 is 1.88 bits per heavy atom. The van der Waals surface area contributed by atoms with E-state index in [1.165, 1.54) is 0 Å². The second-order valence-corrected chi connectivity index (χ2v) is 4.20. The summed E-state index contributed by atoms with van der Waals surface area (Å²) in [4.78, 5) is 19.8. The van der Waals surface area contributed by atoms with Crippen molar-refractivity contribution in [1.29, 1.82) is 0 Å². The molecule has 6 nitrogen and oxygen atoms in total. The van der Waals surface area contributed by atoms with E-state index in [1.807, 2.05) is 6.26 Å². The molecule has 0 amide bonds. The van der Waals surface area contributed by atoms with E-state index in [0.29, 0.717) is 6.42 Å². The summed E-state index contributed by atoms with van der Waals surface area (Å²) in [5, 5.41) is 16.3. The van der Waals surface area contributed by atoms with Crippen LogP contribution in [0.4, 0.5) is 0 Å². The molecule has 8 heteroatoms. The highest BCUT2D eigenvalue weighted by Crippen LogP contribution is 1.97. The topological polar surface area (TPSA) is 127 Å². The first-order chi connectivity index (χ1) is 7.36. The average Bonchev–Trinajstić information content (AvgIpc) is 2.25. The Kier molecular flexibility index (Phi) is 12.4. The summed E-state index contributed by atoms with van der Waals surface area (Å²) in [7, 11) is 0. The number of carboxylic acid groups (broad SMARTS) is 2. The summed E-state index contributed by atoms with van der Waals surface area (Å²) in [5.74, 6) is -0.915. The van der Waals surface area contributed by atoms with Crippen molar-refractivity contribution in [2.75, 3.05) is 17.8 Å². The Labute approximate surface area is 104 Å². The van der Waals surface area contributed by atoms with E-state index in [2.05, 4.69) is 12.6 Å². The van der Waals surface area contributed by atoms with E-state index in [0.717, 1.165) is 5.75 Å². The summed E-state index contributed by atoms with van der Waals surface area (Å²) in [6.07, 6.45) is 2.48. The van der Waals surface area contributed by atoms with Gasteiger partial charge in [-0.1, -0.05) is 0 Å². The molecule has 0 aromatic rings. The Morgan fingerprint density at radius 2 is 1.69 bits per heavy atom.